The molecule has 2 aromatic carbocycles. The van der Waals surface area contributed by atoms with Crippen LogP contribution in [0.3, 0.4) is 0 Å². The van der Waals surface area contributed by atoms with E-state index in [4.69, 9.17) is 21.1 Å². The Hall–Kier alpha value is -2.29. The highest BCUT2D eigenvalue weighted by molar-refractivity contribution is 7.89. The van der Waals surface area contributed by atoms with Crippen molar-refractivity contribution in [1.82, 2.24) is 4.31 Å². The van der Waals surface area contributed by atoms with Crippen molar-refractivity contribution in [3.8, 4) is 11.5 Å². The number of nitrogens with one attached hydrogen (secondary N) is 1. The lowest BCUT2D eigenvalue weighted by Gasteiger charge is -2.31. The molecule has 9 heteroatoms. The number of halogens is 1. The second-order valence-electron chi connectivity index (χ2n) is 6.94. The second-order valence-corrected chi connectivity index (χ2v) is 9.29. The average molecular weight is 453 g/mol. The molecule has 1 fully saturated rings. The molecule has 1 amide bonds. The molecular weight excluding hydrogens is 428 g/mol. The number of ether oxygens (including phenoxy) is 2. The van der Waals surface area contributed by atoms with Crippen LogP contribution in [0.25, 0.3) is 0 Å². The minimum Gasteiger partial charge on any atom is -0.495 e. The predicted octanol–water partition coefficient (Wildman–Crippen LogP) is 3.79. The fourth-order valence-corrected chi connectivity index (χ4v) is 5.35. The molecule has 3 rings (SSSR count). The third kappa shape index (κ3) is 5.06. The van der Waals surface area contributed by atoms with Gasteiger partial charge in [0.25, 0.3) is 0 Å². The van der Waals surface area contributed by atoms with Gasteiger partial charge in [0.15, 0.2) is 0 Å². The fraction of sp³-hybridized carbons (Fsp3) is 0.381. The van der Waals surface area contributed by atoms with Crippen LogP contribution >= 0.6 is 11.6 Å². The lowest BCUT2D eigenvalue weighted by molar-refractivity contribution is -0.120. The molecule has 7 nitrogen and oxygen atoms in total. The number of carbonyl (C=O) groups excluding carboxylic acids is 1. The first-order valence-corrected chi connectivity index (χ1v) is 11.5. The number of anilines is 1. The molecule has 0 saturated carbocycles. The molecule has 0 spiro atoms. The Kier molecular flexibility index (Phi) is 7.23. The van der Waals surface area contributed by atoms with Crippen LogP contribution in [0.5, 0.6) is 11.5 Å². The molecule has 1 aliphatic heterocycles. The number of hydrogen-bond acceptors (Lipinski definition) is 5. The van der Waals surface area contributed by atoms with Gasteiger partial charge in [-0.25, -0.2) is 8.42 Å². The molecule has 2 aromatic rings. The number of nitrogens with zero attached hydrogens (tertiary/aromatic N) is 1. The first kappa shape index (κ1) is 22.4. The summed E-state index contributed by atoms with van der Waals surface area (Å²) < 4.78 is 38.3. The second kappa shape index (κ2) is 9.68. The molecule has 0 bridgehead atoms. The van der Waals surface area contributed by atoms with Gasteiger partial charge in [-0.3, -0.25) is 4.79 Å². The molecule has 0 unspecified atom stereocenters. The first-order chi connectivity index (χ1) is 14.3. The van der Waals surface area contributed by atoms with Crippen LogP contribution in [-0.4, -0.2) is 45.4 Å². The average Bonchev–Trinajstić information content (AvgIpc) is 2.75. The van der Waals surface area contributed by atoms with E-state index in [9.17, 15) is 13.2 Å². The maximum Gasteiger partial charge on any atom is 0.246 e. The van der Waals surface area contributed by atoms with E-state index in [-0.39, 0.29) is 23.1 Å². The van der Waals surface area contributed by atoms with E-state index in [2.05, 4.69) is 5.32 Å². The number of rotatable bonds is 7. The zero-order valence-corrected chi connectivity index (χ0v) is 18.5. The van der Waals surface area contributed by atoms with Gasteiger partial charge < -0.3 is 14.8 Å². The quantitative estimate of drug-likeness (QED) is 0.690. The summed E-state index contributed by atoms with van der Waals surface area (Å²) in [6, 6.07) is 11.6. The molecule has 30 heavy (non-hydrogen) atoms. The van der Waals surface area contributed by atoms with Gasteiger partial charge >= 0.3 is 0 Å². The van der Waals surface area contributed by atoms with E-state index in [0.29, 0.717) is 36.7 Å². The summed E-state index contributed by atoms with van der Waals surface area (Å²) in [6.07, 6.45) is 1.20. The zero-order valence-electron chi connectivity index (χ0n) is 16.9. The van der Waals surface area contributed by atoms with Gasteiger partial charge in [0.2, 0.25) is 15.9 Å². The summed E-state index contributed by atoms with van der Waals surface area (Å²) in [5.74, 6) is 0.281. The molecule has 162 valence electrons. The topological polar surface area (TPSA) is 84.9 Å². The van der Waals surface area contributed by atoms with Gasteiger partial charge in [0.1, 0.15) is 16.4 Å². The molecule has 0 aromatic heterocycles. The van der Waals surface area contributed by atoms with E-state index in [1.54, 1.807) is 30.3 Å². The number of benzene rings is 2. The minimum absolute atomic E-state index is 0.00470. The third-order valence-electron chi connectivity index (χ3n) is 4.93. The lowest BCUT2D eigenvalue weighted by Crippen LogP contribution is -2.43. The standard InChI is InChI=1S/C21H25ClN2O5S/c1-3-29-18-9-7-17(8-10-18)23-21(25)15-5-4-12-24(14-15)30(26,27)20-13-16(22)6-11-19(20)28-2/h6-11,13,15H,3-5,12,14H2,1-2H3,(H,23,25)/t15-/m0/s1. The van der Waals surface area contributed by atoms with Crippen LogP contribution in [0.4, 0.5) is 5.69 Å². The fourth-order valence-electron chi connectivity index (χ4n) is 3.41. The maximum atomic E-state index is 13.2. The summed E-state index contributed by atoms with van der Waals surface area (Å²) in [7, 11) is -2.44. The Morgan fingerprint density at radius 1 is 1.23 bits per heavy atom. The maximum absolute atomic E-state index is 13.2. The molecule has 0 aliphatic carbocycles. The van der Waals surface area contributed by atoms with Crippen molar-refractivity contribution >= 4 is 33.2 Å². The van der Waals surface area contributed by atoms with Gasteiger partial charge in [-0.1, -0.05) is 11.6 Å². The Labute approximate surface area is 182 Å². The Morgan fingerprint density at radius 2 is 1.97 bits per heavy atom. The first-order valence-electron chi connectivity index (χ1n) is 9.72. The number of sulfonamides is 1. The van der Waals surface area contributed by atoms with Gasteiger partial charge in [-0.15, -0.1) is 0 Å². The van der Waals surface area contributed by atoms with Crippen LogP contribution in [0.1, 0.15) is 19.8 Å². The highest BCUT2D eigenvalue weighted by Crippen LogP contribution is 2.32. The minimum atomic E-state index is -3.85. The number of methoxy groups -OCH3 is 1. The molecule has 1 saturated heterocycles. The highest BCUT2D eigenvalue weighted by atomic mass is 35.5. The van der Waals surface area contributed by atoms with E-state index in [1.165, 1.54) is 23.5 Å². The van der Waals surface area contributed by atoms with E-state index >= 15 is 0 Å². The van der Waals surface area contributed by atoms with Crippen LogP contribution in [0.2, 0.25) is 5.02 Å². The van der Waals surface area contributed by atoms with E-state index < -0.39 is 15.9 Å². The number of piperidine rings is 1. The van der Waals surface area contributed by atoms with Gasteiger partial charge in [0.05, 0.1) is 19.6 Å². The van der Waals surface area contributed by atoms with Crippen molar-refractivity contribution in [2.45, 2.75) is 24.7 Å². The number of amides is 1. The lowest BCUT2D eigenvalue weighted by atomic mass is 9.99. The smallest absolute Gasteiger partial charge is 0.246 e. The Bertz CT molecular complexity index is 995. The normalized spacial score (nSPS) is 17.4. The summed E-state index contributed by atoms with van der Waals surface area (Å²) in [4.78, 5) is 12.8. The summed E-state index contributed by atoms with van der Waals surface area (Å²) in [6.45, 7) is 2.90. The van der Waals surface area contributed by atoms with Crippen LogP contribution in [-0.2, 0) is 14.8 Å². The molecule has 1 atom stereocenters. The molecule has 1 heterocycles. The monoisotopic (exact) mass is 452 g/mol. The zero-order chi connectivity index (χ0) is 21.7. The van der Waals surface area contributed by atoms with Crippen LogP contribution in [0, 0.1) is 5.92 Å². The van der Waals surface area contributed by atoms with Crippen LogP contribution < -0.4 is 14.8 Å². The predicted molar refractivity (Wildman–Crippen MR) is 116 cm³/mol. The Morgan fingerprint density at radius 3 is 2.63 bits per heavy atom. The molecule has 1 N–H and O–H groups in total. The van der Waals surface area contributed by atoms with Gasteiger partial charge in [-0.2, -0.15) is 4.31 Å². The van der Waals surface area contributed by atoms with E-state index in [0.717, 1.165) is 5.75 Å². The SMILES string of the molecule is CCOc1ccc(NC(=O)[C@H]2CCCN(S(=O)(=O)c3cc(Cl)ccc3OC)C2)cc1. The third-order valence-corrected chi connectivity index (χ3v) is 7.05. The molecule has 0 radical (unpaired) electrons. The summed E-state index contributed by atoms with van der Waals surface area (Å²) >= 11 is 6.01. The number of carbonyl (C=O) groups is 1. The highest BCUT2D eigenvalue weighted by Gasteiger charge is 2.35. The van der Waals surface area contributed by atoms with Crippen LogP contribution in [0.15, 0.2) is 47.4 Å². The van der Waals surface area contributed by atoms with E-state index in [1.807, 2.05) is 6.92 Å². The van der Waals surface area contributed by atoms with Crippen molar-refractivity contribution in [3.63, 3.8) is 0 Å². The largest absolute Gasteiger partial charge is 0.495 e. The van der Waals surface area contributed by atoms with Crippen molar-refractivity contribution in [3.05, 3.63) is 47.5 Å². The summed E-state index contributed by atoms with van der Waals surface area (Å²) in [5.41, 5.74) is 0.639. The number of hydrogen-bond donors (Lipinski definition) is 1. The summed E-state index contributed by atoms with van der Waals surface area (Å²) in [5, 5.41) is 3.16. The molecular formula is C21H25ClN2O5S. The van der Waals surface area contributed by atoms with Crippen molar-refractivity contribution in [2.24, 2.45) is 5.92 Å². The molecule has 1 aliphatic rings. The van der Waals surface area contributed by atoms with Crippen molar-refractivity contribution in [1.29, 1.82) is 0 Å². The van der Waals surface area contributed by atoms with Gasteiger partial charge in [-0.05, 0) is 62.2 Å². The van der Waals surface area contributed by atoms with Crippen molar-refractivity contribution in [2.75, 3.05) is 32.1 Å². The Balaban J connectivity index is 1.73. The van der Waals surface area contributed by atoms with Crippen molar-refractivity contribution < 1.29 is 22.7 Å². The van der Waals surface area contributed by atoms with Gasteiger partial charge in [0, 0.05) is 23.8 Å².